The number of nitrogens with zero attached hydrogens (tertiary/aromatic N) is 1. The van der Waals surface area contributed by atoms with Gasteiger partial charge >= 0.3 is 0 Å². The standard InChI is InChI=1S/C19H14Cl2N2O2S/c20-15-6-10-17(11-7-15)22-19(14-4-2-1-3-5-14)23-26(24,25)18-12-8-16(21)9-13-18/h1-13H,(H,22,23). The van der Waals surface area contributed by atoms with Crippen molar-refractivity contribution in [3.05, 3.63) is 94.5 Å². The number of halogens is 2. The highest BCUT2D eigenvalue weighted by Crippen LogP contribution is 2.19. The van der Waals surface area contributed by atoms with E-state index >= 15 is 0 Å². The second kappa shape index (κ2) is 7.91. The zero-order valence-electron chi connectivity index (χ0n) is 13.4. The van der Waals surface area contributed by atoms with Gasteiger partial charge < -0.3 is 5.32 Å². The predicted octanol–water partition coefficient (Wildman–Crippen LogP) is 5.24. The Bertz CT molecular complexity index is 1020. The molecule has 3 aromatic carbocycles. The van der Waals surface area contributed by atoms with Crippen molar-refractivity contribution < 1.29 is 8.42 Å². The van der Waals surface area contributed by atoms with Gasteiger partial charge in [0.2, 0.25) is 0 Å². The molecular formula is C19H14Cl2N2O2S. The van der Waals surface area contributed by atoms with Gasteiger partial charge in [0.1, 0.15) is 0 Å². The normalized spacial score (nSPS) is 12.0. The molecule has 0 unspecified atom stereocenters. The lowest BCUT2D eigenvalue weighted by Gasteiger charge is -2.11. The molecule has 0 aliphatic heterocycles. The highest BCUT2D eigenvalue weighted by atomic mass is 35.5. The number of rotatable bonds is 4. The third-order valence-electron chi connectivity index (χ3n) is 3.48. The molecule has 0 aliphatic rings. The Hall–Kier alpha value is -2.34. The zero-order valence-corrected chi connectivity index (χ0v) is 15.8. The molecule has 0 atom stereocenters. The maximum atomic E-state index is 12.7. The van der Waals surface area contributed by atoms with Crippen LogP contribution in [0.15, 0.2) is 88.2 Å². The van der Waals surface area contributed by atoms with E-state index in [4.69, 9.17) is 23.2 Å². The summed E-state index contributed by atoms with van der Waals surface area (Å²) in [6, 6.07) is 21.8. The molecule has 0 saturated carbocycles. The van der Waals surface area contributed by atoms with E-state index in [0.717, 1.165) is 0 Å². The summed E-state index contributed by atoms with van der Waals surface area (Å²) in [5, 5.41) is 4.09. The quantitative estimate of drug-likeness (QED) is 0.477. The van der Waals surface area contributed by atoms with Crippen LogP contribution in [-0.2, 0) is 10.0 Å². The van der Waals surface area contributed by atoms with Gasteiger partial charge in [-0.15, -0.1) is 4.40 Å². The van der Waals surface area contributed by atoms with Crippen molar-refractivity contribution in [2.24, 2.45) is 4.40 Å². The Morgan fingerprint density at radius 1 is 0.769 bits per heavy atom. The lowest BCUT2D eigenvalue weighted by atomic mass is 10.2. The van der Waals surface area contributed by atoms with Crippen molar-refractivity contribution in [2.75, 3.05) is 5.32 Å². The van der Waals surface area contributed by atoms with Crippen molar-refractivity contribution in [2.45, 2.75) is 4.90 Å². The first kappa shape index (κ1) is 18.5. The Kier molecular flexibility index (Phi) is 5.61. The van der Waals surface area contributed by atoms with Crippen molar-refractivity contribution >= 4 is 44.7 Å². The average molecular weight is 405 g/mol. The van der Waals surface area contributed by atoms with Gasteiger partial charge in [0.05, 0.1) is 4.90 Å². The van der Waals surface area contributed by atoms with Crippen LogP contribution in [0.3, 0.4) is 0 Å². The lowest BCUT2D eigenvalue weighted by molar-refractivity contribution is 0.598. The molecule has 132 valence electrons. The molecule has 0 radical (unpaired) electrons. The van der Waals surface area contributed by atoms with Crippen LogP contribution in [0.2, 0.25) is 10.0 Å². The minimum Gasteiger partial charge on any atom is -0.339 e. The maximum Gasteiger partial charge on any atom is 0.284 e. The molecule has 0 saturated heterocycles. The number of benzene rings is 3. The van der Waals surface area contributed by atoms with Crippen LogP contribution in [0.1, 0.15) is 5.56 Å². The summed E-state index contributed by atoms with van der Waals surface area (Å²) in [5.41, 5.74) is 1.31. The van der Waals surface area contributed by atoms with Gasteiger partial charge in [0, 0.05) is 21.3 Å². The Balaban J connectivity index is 2.03. The van der Waals surface area contributed by atoms with E-state index in [-0.39, 0.29) is 10.7 Å². The van der Waals surface area contributed by atoms with Crippen molar-refractivity contribution in [1.29, 1.82) is 0 Å². The largest absolute Gasteiger partial charge is 0.339 e. The molecular weight excluding hydrogens is 391 g/mol. The molecule has 0 bridgehead atoms. The Morgan fingerprint density at radius 2 is 1.31 bits per heavy atom. The summed E-state index contributed by atoms with van der Waals surface area (Å²) in [6.45, 7) is 0. The highest BCUT2D eigenvalue weighted by Gasteiger charge is 2.16. The molecule has 26 heavy (non-hydrogen) atoms. The van der Waals surface area contributed by atoms with Crippen LogP contribution in [0.25, 0.3) is 0 Å². The van der Waals surface area contributed by atoms with E-state index in [2.05, 4.69) is 9.71 Å². The van der Waals surface area contributed by atoms with E-state index in [9.17, 15) is 8.42 Å². The van der Waals surface area contributed by atoms with Crippen molar-refractivity contribution in [3.63, 3.8) is 0 Å². The number of hydrogen-bond acceptors (Lipinski definition) is 2. The Morgan fingerprint density at radius 3 is 1.88 bits per heavy atom. The van der Waals surface area contributed by atoms with Crippen LogP contribution in [0.5, 0.6) is 0 Å². The molecule has 7 heteroatoms. The predicted molar refractivity (Wildman–Crippen MR) is 107 cm³/mol. The molecule has 3 aromatic rings. The number of nitrogens with one attached hydrogen (secondary N) is 1. The summed E-state index contributed by atoms with van der Waals surface area (Å²) < 4.78 is 29.4. The van der Waals surface area contributed by atoms with Crippen LogP contribution in [-0.4, -0.2) is 14.3 Å². The van der Waals surface area contributed by atoms with Crippen LogP contribution >= 0.6 is 23.2 Å². The molecule has 0 heterocycles. The Labute approximate surface area is 162 Å². The van der Waals surface area contributed by atoms with Crippen LogP contribution < -0.4 is 5.32 Å². The number of amidine groups is 1. The summed E-state index contributed by atoms with van der Waals surface area (Å²) in [6.07, 6.45) is 0. The lowest BCUT2D eigenvalue weighted by Crippen LogP contribution is -2.16. The van der Waals surface area contributed by atoms with Crippen molar-refractivity contribution in [1.82, 2.24) is 0 Å². The molecule has 0 spiro atoms. The summed E-state index contributed by atoms with van der Waals surface area (Å²) in [4.78, 5) is 0.0632. The molecule has 4 nitrogen and oxygen atoms in total. The van der Waals surface area contributed by atoms with E-state index in [1.807, 2.05) is 18.2 Å². The van der Waals surface area contributed by atoms with Gasteiger partial charge in [-0.25, -0.2) is 0 Å². The fraction of sp³-hybridized carbons (Fsp3) is 0. The monoisotopic (exact) mass is 404 g/mol. The molecule has 1 N–H and O–H groups in total. The molecule has 0 amide bonds. The molecule has 3 rings (SSSR count). The fourth-order valence-corrected chi connectivity index (χ4v) is 3.42. The van der Waals surface area contributed by atoms with Gasteiger partial charge in [0.25, 0.3) is 10.0 Å². The zero-order chi connectivity index (χ0) is 18.6. The van der Waals surface area contributed by atoms with Gasteiger partial charge in [-0.1, -0.05) is 53.5 Å². The first-order chi connectivity index (χ1) is 12.4. The van der Waals surface area contributed by atoms with Gasteiger partial charge in [-0.3, -0.25) is 0 Å². The third-order valence-corrected chi connectivity index (χ3v) is 5.27. The topological polar surface area (TPSA) is 58.5 Å². The molecule has 0 aromatic heterocycles. The van der Waals surface area contributed by atoms with Crippen LogP contribution in [0, 0.1) is 0 Å². The minimum absolute atomic E-state index is 0.0632. The third kappa shape index (κ3) is 4.64. The maximum absolute atomic E-state index is 12.7. The first-order valence-corrected chi connectivity index (χ1v) is 9.82. The van der Waals surface area contributed by atoms with Crippen molar-refractivity contribution in [3.8, 4) is 0 Å². The fourth-order valence-electron chi connectivity index (χ4n) is 2.19. The van der Waals surface area contributed by atoms with E-state index in [1.54, 1.807) is 36.4 Å². The van der Waals surface area contributed by atoms with Gasteiger partial charge in [0.15, 0.2) is 5.84 Å². The van der Waals surface area contributed by atoms with Crippen LogP contribution in [0.4, 0.5) is 5.69 Å². The van der Waals surface area contributed by atoms with Gasteiger partial charge in [-0.2, -0.15) is 8.42 Å². The summed E-state index contributed by atoms with van der Waals surface area (Å²) >= 11 is 11.7. The SMILES string of the molecule is O=S(=O)(N=C(Nc1ccc(Cl)cc1)c1ccccc1)c1ccc(Cl)cc1. The molecule has 0 fully saturated rings. The number of sulfonamides is 1. The minimum atomic E-state index is -3.91. The number of hydrogen-bond donors (Lipinski definition) is 1. The van der Waals surface area contributed by atoms with E-state index in [0.29, 0.717) is 21.3 Å². The van der Waals surface area contributed by atoms with E-state index in [1.165, 1.54) is 24.3 Å². The summed E-state index contributed by atoms with van der Waals surface area (Å²) in [5.74, 6) is 0.211. The smallest absolute Gasteiger partial charge is 0.284 e. The summed E-state index contributed by atoms with van der Waals surface area (Å²) in [7, 11) is -3.91. The average Bonchev–Trinajstić information content (AvgIpc) is 2.64. The number of anilines is 1. The second-order valence-corrected chi connectivity index (χ2v) is 7.84. The second-order valence-electron chi connectivity index (χ2n) is 5.37. The van der Waals surface area contributed by atoms with Gasteiger partial charge in [-0.05, 0) is 48.5 Å². The molecule has 0 aliphatic carbocycles. The van der Waals surface area contributed by atoms with E-state index < -0.39 is 10.0 Å². The first-order valence-electron chi connectivity index (χ1n) is 7.63. The highest BCUT2D eigenvalue weighted by molar-refractivity contribution is 7.90.